The summed E-state index contributed by atoms with van der Waals surface area (Å²) in [7, 11) is 0. The number of carbonyl (C=O) groups is 4. The van der Waals surface area contributed by atoms with Gasteiger partial charge in [-0.2, -0.15) is 0 Å². The molecule has 10 heteroatoms. The van der Waals surface area contributed by atoms with Crippen molar-refractivity contribution in [3.8, 4) is 0 Å². The molecule has 5 unspecified atom stereocenters. The van der Waals surface area contributed by atoms with Crippen LogP contribution in [-0.4, -0.2) is 64.8 Å². The molecular weight excluding hydrogens is 328 g/mol. The van der Waals surface area contributed by atoms with E-state index in [1.54, 1.807) is 0 Å². The highest BCUT2D eigenvalue weighted by Crippen LogP contribution is 2.08. The summed E-state index contributed by atoms with van der Waals surface area (Å²) in [6.45, 7) is 6.71. The molecule has 1 heterocycles. The van der Waals surface area contributed by atoms with Gasteiger partial charge in [0.1, 0.15) is 6.10 Å². The fourth-order valence-corrected chi connectivity index (χ4v) is 1.22. The van der Waals surface area contributed by atoms with E-state index in [0.717, 1.165) is 0 Å². The van der Waals surface area contributed by atoms with Crippen LogP contribution in [0.2, 0.25) is 0 Å². The zero-order valence-corrected chi connectivity index (χ0v) is 14.0. The van der Waals surface area contributed by atoms with E-state index in [1.165, 1.54) is 34.6 Å². The summed E-state index contributed by atoms with van der Waals surface area (Å²) in [5, 5.41) is 17.4. The van der Waals surface area contributed by atoms with Crippen molar-refractivity contribution in [1.29, 1.82) is 0 Å². The maximum atomic E-state index is 11.0. The molecule has 1 saturated heterocycles. The summed E-state index contributed by atoms with van der Waals surface area (Å²) in [6, 6.07) is 0. The van der Waals surface area contributed by atoms with Crippen molar-refractivity contribution in [2.45, 2.75) is 65.3 Å². The van der Waals surface area contributed by atoms with Gasteiger partial charge in [0, 0.05) is 0 Å². The average Bonchev–Trinajstić information content (AvgIpc) is 2.45. The van der Waals surface area contributed by atoms with E-state index in [-0.39, 0.29) is 0 Å². The third-order valence-electron chi connectivity index (χ3n) is 2.50. The Kier molecular flexibility index (Phi) is 8.93. The number of hydrogen-bond donors (Lipinski definition) is 2. The summed E-state index contributed by atoms with van der Waals surface area (Å²) in [5.74, 6) is -2.74. The van der Waals surface area contributed by atoms with E-state index in [2.05, 4.69) is 18.9 Å². The summed E-state index contributed by atoms with van der Waals surface area (Å²) in [4.78, 5) is 43.1. The minimum Gasteiger partial charge on any atom is -0.449 e. The normalized spacial score (nSPS) is 23.5. The largest absolute Gasteiger partial charge is 0.449 e. The lowest BCUT2D eigenvalue weighted by atomic mass is 10.3. The second-order valence-electron chi connectivity index (χ2n) is 4.95. The first kappa shape index (κ1) is 21.8. The molecule has 1 rings (SSSR count). The first-order valence-corrected chi connectivity index (χ1v) is 7.13. The molecule has 0 aromatic carbocycles. The van der Waals surface area contributed by atoms with Crippen LogP contribution in [0.3, 0.4) is 0 Å². The van der Waals surface area contributed by atoms with E-state index >= 15 is 0 Å². The maximum Gasteiger partial charge on any atom is 0.349 e. The zero-order valence-electron chi connectivity index (χ0n) is 14.0. The minimum atomic E-state index is -1.29. The SMILES string of the molecule is CC(O)OC(=O)C(C)OC(=O)C(C)O.CC1OC(=O)C(C)OC1=O. The monoisotopic (exact) mass is 350 g/mol. The Balaban J connectivity index is 0.000000463. The highest BCUT2D eigenvalue weighted by molar-refractivity contribution is 5.86. The van der Waals surface area contributed by atoms with E-state index in [4.69, 9.17) is 10.2 Å². The number of rotatable bonds is 4. The van der Waals surface area contributed by atoms with Crippen LogP contribution >= 0.6 is 0 Å². The van der Waals surface area contributed by atoms with Crippen LogP contribution in [0.5, 0.6) is 0 Å². The van der Waals surface area contributed by atoms with Gasteiger partial charge in [0.15, 0.2) is 24.6 Å². The molecule has 0 aromatic rings. The summed E-state index contributed by atoms with van der Waals surface area (Å²) in [6.07, 6.45) is -5.19. The molecule has 0 amide bonds. The number of esters is 4. The Bertz CT molecular complexity index is 450. The van der Waals surface area contributed by atoms with Gasteiger partial charge in [0.2, 0.25) is 0 Å². The van der Waals surface area contributed by atoms with E-state index < -0.39 is 54.6 Å². The lowest BCUT2D eigenvalue weighted by Crippen LogP contribution is -2.40. The second kappa shape index (κ2) is 9.83. The van der Waals surface area contributed by atoms with Crippen molar-refractivity contribution in [2.75, 3.05) is 0 Å². The molecular formula is C14H22O10. The van der Waals surface area contributed by atoms with Gasteiger partial charge >= 0.3 is 23.9 Å². The number of ether oxygens (including phenoxy) is 4. The highest BCUT2D eigenvalue weighted by Gasteiger charge is 2.32. The van der Waals surface area contributed by atoms with Gasteiger partial charge in [-0.05, 0) is 34.6 Å². The van der Waals surface area contributed by atoms with Crippen molar-refractivity contribution in [3.05, 3.63) is 0 Å². The molecule has 24 heavy (non-hydrogen) atoms. The third kappa shape index (κ3) is 7.88. The lowest BCUT2D eigenvalue weighted by molar-refractivity contribution is -0.191. The Hall–Kier alpha value is -2.20. The summed E-state index contributed by atoms with van der Waals surface area (Å²) in [5.41, 5.74) is 0. The first-order valence-electron chi connectivity index (χ1n) is 7.13. The Labute approximate surface area is 138 Å². The minimum absolute atomic E-state index is 0.480. The number of cyclic esters (lactones) is 2. The molecule has 0 aliphatic carbocycles. The maximum absolute atomic E-state index is 11.0. The Morgan fingerprint density at radius 1 is 0.917 bits per heavy atom. The van der Waals surface area contributed by atoms with Gasteiger partial charge in [0.25, 0.3) is 0 Å². The lowest BCUT2D eigenvalue weighted by Gasteiger charge is -2.22. The Morgan fingerprint density at radius 2 is 1.33 bits per heavy atom. The van der Waals surface area contributed by atoms with Gasteiger partial charge in [-0.3, -0.25) is 0 Å². The fourth-order valence-electron chi connectivity index (χ4n) is 1.22. The quantitative estimate of drug-likeness (QED) is 0.369. The molecule has 0 saturated carbocycles. The van der Waals surface area contributed by atoms with Crippen molar-refractivity contribution in [2.24, 2.45) is 0 Å². The predicted molar refractivity (Wildman–Crippen MR) is 76.1 cm³/mol. The highest BCUT2D eigenvalue weighted by atomic mass is 16.7. The van der Waals surface area contributed by atoms with Gasteiger partial charge in [0.05, 0.1) is 0 Å². The van der Waals surface area contributed by atoms with Crippen LogP contribution in [0.1, 0.15) is 34.6 Å². The van der Waals surface area contributed by atoms with Crippen LogP contribution in [0.4, 0.5) is 0 Å². The third-order valence-corrected chi connectivity index (χ3v) is 2.50. The molecule has 1 aliphatic rings. The topological polar surface area (TPSA) is 146 Å². The number of hydrogen-bond acceptors (Lipinski definition) is 10. The van der Waals surface area contributed by atoms with Crippen LogP contribution < -0.4 is 0 Å². The van der Waals surface area contributed by atoms with Crippen LogP contribution in [0.25, 0.3) is 0 Å². The zero-order chi connectivity index (χ0) is 19.0. The van der Waals surface area contributed by atoms with E-state index in [1.807, 2.05) is 0 Å². The average molecular weight is 350 g/mol. The Morgan fingerprint density at radius 3 is 1.67 bits per heavy atom. The van der Waals surface area contributed by atoms with Gasteiger partial charge < -0.3 is 29.2 Å². The van der Waals surface area contributed by atoms with Crippen LogP contribution in [0, 0.1) is 0 Å². The van der Waals surface area contributed by atoms with E-state index in [0.29, 0.717) is 0 Å². The standard InChI is InChI=1S/C8H14O6.C6H8O4/c1-4(9)7(11)13-5(2)8(12)14-6(3)10;1-3-5(7)10-4(2)6(8)9-3/h4-6,9-10H,1-3H3;3-4H,1-2H3. The second-order valence-corrected chi connectivity index (χ2v) is 4.95. The van der Waals surface area contributed by atoms with Crippen LogP contribution in [-0.2, 0) is 38.1 Å². The van der Waals surface area contributed by atoms with Crippen molar-refractivity contribution < 1.29 is 48.3 Å². The molecule has 138 valence electrons. The molecule has 2 N–H and O–H groups in total. The fraction of sp³-hybridized carbons (Fsp3) is 0.714. The smallest absolute Gasteiger partial charge is 0.349 e. The van der Waals surface area contributed by atoms with Gasteiger partial charge in [-0.1, -0.05) is 0 Å². The molecule has 0 spiro atoms. The molecule has 0 aromatic heterocycles. The molecule has 1 fully saturated rings. The van der Waals surface area contributed by atoms with E-state index in [9.17, 15) is 19.2 Å². The van der Waals surface area contributed by atoms with Crippen molar-refractivity contribution >= 4 is 23.9 Å². The molecule has 1 aliphatic heterocycles. The summed E-state index contributed by atoms with van der Waals surface area (Å²) >= 11 is 0. The molecule has 5 atom stereocenters. The summed E-state index contributed by atoms with van der Waals surface area (Å²) < 4.78 is 18.0. The number of carbonyl (C=O) groups excluding carboxylic acids is 4. The van der Waals surface area contributed by atoms with Crippen molar-refractivity contribution in [3.63, 3.8) is 0 Å². The first-order chi connectivity index (χ1) is 11.0. The number of aliphatic hydroxyl groups excluding tert-OH is 2. The van der Waals surface area contributed by atoms with Gasteiger partial charge in [-0.25, -0.2) is 19.2 Å². The number of aliphatic hydroxyl groups is 2. The molecule has 10 nitrogen and oxygen atoms in total. The van der Waals surface area contributed by atoms with Crippen molar-refractivity contribution in [1.82, 2.24) is 0 Å². The molecule has 0 radical (unpaired) electrons. The predicted octanol–water partition coefficient (Wildman–Crippen LogP) is -0.956. The van der Waals surface area contributed by atoms with Gasteiger partial charge in [-0.15, -0.1) is 0 Å². The molecule has 0 bridgehead atoms. The van der Waals surface area contributed by atoms with Crippen LogP contribution in [0.15, 0.2) is 0 Å².